The summed E-state index contributed by atoms with van der Waals surface area (Å²) < 4.78 is 5.37. The molecule has 3 aromatic rings. The van der Waals surface area contributed by atoms with Gasteiger partial charge in [-0.15, -0.1) is 34.0 Å². The van der Waals surface area contributed by atoms with Gasteiger partial charge < -0.3 is 4.74 Å². The zero-order chi connectivity index (χ0) is 18.8. The van der Waals surface area contributed by atoms with Crippen molar-refractivity contribution in [2.75, 3.05) is 5.32 Å². The van der Waals surface area contributed by atoms with Crippen LogP contribution in [0.3, 0.4) is 0 Å². The fourth-order valence-corrected chi connectivity index (χ4v) is 5.55. The lowest BCUT2D eigenvalue weighted by Crippen LogP contribution is -2.29. The number of carbonyl (C=O) groups is 2. The molecule has 1 amide bonds. The minimum atomic E-state index is -0.884. The SMILES string of the molecule is CC(OC(=O)c1cc2c(s1)CCCC2)C(=O)Nc1nc(-c2cccs2)cs1. The number of aromatic nitrogens is 1. The molecule has 0 aliphatic heterocycles. The van der Waals surface area contributed by atoms with Crippen molar-refractivity contribution in [2.24, 2.45) is 0 Å². The number of thiazole rings is 1. The van der Waals surface area contributed by atoms with E-state index in [1.807, 2.05) is 29.0 Å². The molecule has 27 heavy (non-hydrogen) atoms. The van der Waals surface area contributed by atoms with Crippen LogP contribution < -0.4 is 5.32 Å². The Hall–Kier alpha value is -2.03. The Kier molecular flexibility index (Phi) is 5.38. The summed E-state index contributed by atoms with van der Waals surface area (Å²) in [5.41, 5.74) is 2.08. The van der Waals surface area contributed by atoms with Crippen LogP contribution in [-0.2, 0) is 22.4 Å². The number of nitrogens with one attached hydrogen (secondary N) is 1. The number of hydrogen-bond acceptors (Lipinski definition) is 7. The molecule has 0 saturated heterocycles. The van der Waals surface area contributed by atoms with Crippen molar-refractivity contribution in [1.29, 1.82) is 0 Å². The van der Waals surface area contributed by atoms with E-state index in [1.165, 1.54) is 39.5 Å². The first kappa shape index (κ1) is 18.3. The first-order valence-electron chi connectivity index (χ1n) is 8.73. The second-order valence-electron chi connectivity index (χ2n) is 6.32. The number of carbonyl (C=O) groups excluding carboxylic acids is 2. The van der Waals surface area contributed by atoms with Gasteiger partial charge in [0.05, 0.1) is 10.6 Å². The number of hydrogen-bond donors (Lipinski definition) is 1. The standard InChI is InChI=1S/C19H18N2O3S3/c1-11(24-18(23)16-9-12-5-2-3-6-14(12)27-16)17(22)21-19-20-13(10-26-19)15-7-4-8-25-15/h4,7-11H,2-3,5-6H2,1H3,(H,20,21,22). The molecule has 4 rings (SSSR count). The summed E-state index contributed by atoms with van der Waals surface area (Å²) in [5.74, 6) is -0.813. The number of ether oxygens (including phenoxy) is 1. The average Bonchev–Trinajstić information content (AvgIpc) is 3.40. The largest absolute Gasteiger partial charge is 0.448 e. The molecule has 140 valence electrons. The molecule has 0 saturated carbocycles. The molecular formula is C19H18N2O3S3. The van der Waals surface area contributed by atoms with E-state index in [4.69, 9.17) is 4.74 Å². The maximum atomic E-state index is 12.4. The lowest BCUT2D eigenvalue weighted by molar-refractivity contribution is -0.123. The summed E-state index contributed by atoms with van der Waals surface area (Å²) in [4.78, 5) is 32.1. The average molecular weight is 419 g/mol. The predicted octanol–water partition coefficient (Wildman–Crippen LogP) is 5.00. The predicted molar refractivity (Wildman–Crippen MR) is 110 cm³/mol. The number of esters is 1. The zero-order valence-corrected chi connectivity index (χ0v) is 17.1. The molecule has 0 fully saturated rings. The smallest absolute Gasteiger partial charge is 0.349 e. The van der Waals surface area contributed by atoms with Gasteiger partial charge in [0.2, 0.25) is 0 Å². The second kappa shape index (κ2) is 7.92. The van der Waals surface area contributed by atoms with Gasteiger partial charge in [0.15, 0.2) is 11.2 Å². The van der Waals surface area contributed by atoms with Crippen LogP contribution in [0.15, 0.2) is 29.0 Å². The van der Waals surface area contributed by atoms with E-state index in [2.05, 4.69) is 10.3 Å². The molecule has 1 atom stereocenters. The fourth-order valence-electron chi connectivity index (χ4n) is 2.94. The van der Waals surface area contributed by atoms with E-state index in [9.17, 15) is 9.59 Å². The van der Waals surface area contributed by atoms with E-state index < -0.39 is 12.1 Å². The third-order valence-electron chi connectivity index (χ3n) is 4.36. The van der Waals surface area contributed by atoms with Gasteiger partial charge in [-0.1, -0.05) is 6.07 Å². The van der Waals surface area contributed by atoms with Gasteiger partial charge in [-0.2, -0.15) is 0 Å². The Balaban J connectivity index is 1.36. The minimum Gasteiger partial charge on any atom is -0.448 e. The van der Waals surface area contributed by atoms with Crippen molar-refractivity contribution >= 4 is 51.0 Å². The van der Waals surface area contributed by atoms with Crippen molar-refractivity contribution in [3.8, 4) is 10.6 Å². The number of aryl methyl sites for hydroxylation is 2. The number of anilines is 1. The van der Waals surface area contributed by atoms with Crippen LogP contribution in [0.5, 0.6) is 0 Å². The van der Waals surface area contributed by atoms with Crippen molar-refractivity contribution in [3.63, 3.8) is 0 Å². The highest BCUT2D eigenvalue weighted by molar-refractivity contribution is 7.16. The quantitative estimate of drug-likeness (QED) is 0.592. The summed E-state index contributed by atoms with van der Waals surface area (Å²) in [5, 5.41) is 7.11. The molecule has 0 spiro atoms. The minimum absolute atomic E-state index is 0.378. The third kappa shape index (κ3) is 4.12. The van der Waals surface area contributed by atoms with Gasteiger partial charge in [-0.3, -0.25) is 10.1 Å². The first-order chi connectivity index (χ1) is 13.1. The topological polar surface area (TPSA) is 68.3 Å². The van der Waals surface area contributed by atoms with Gasteiger partial charge in [0.1, 0.15) is 4.88 Å². The molecule has 1 N–H and O–H groups in total. The van der Waals surface area contributed by atoms with Crippen molar-refractivity contribution in [2.45, 2.75) is 38.7 Å². The van der Waals surface area contributed by atoms with Crippen LogP contribution in [0.4, 0.5) is 5.13 Å². The molecule has 3 aromatic heterocycles. The highest BCUT2D eigenvalue weighted by atomic mass is 32.1. The Labute approximate surface area is 169 Å². The highest BCUT2D eigenvalue weighted by Crippen LogP contribution is 2.31. The molecule has 0 bridgehead atoms. The number of thiophene rings is 2. The van der Waals surface area contributed by atoms with Gasteiger partial charge in [0, 0.05) is 10.3 Å². The van der Waals surface area contributed by atoms with E-state index in [-0.39, 0.29) is 5.91 Å². The summed E-state index contributed by atoms with van der Waals surface area (Å²) in [7, 11) is 0. The van der Waals surface area contributed by atoms with Crippen molar-refractivity contribution in [1.82, 2.24) is 4.98 Å². The second-order valence-corrected chi connectivity index (χ2v) is 9.26. The van der Waals surface area contributed by atoms with Gasteiger partial charge in [0.25, 0.3) is 5.91 Å². The van der Waals surface area contributed by atoms with Gasteiger partial charge in [-0.05, 0) is 55.7 Å². The van der Waals surface area contributed by atoms with Crippen LogP contribution in [0.2, 0.25) is 0 Å². The normalized spacial score (nSPS) is 14.4. The van der Waals surface area contributed by atoms with E-state index in [0.717, 1.165) is 29.8 Å². The lowest BCUT2D eigenvalue weighted by atomic mass is 9.99. The first-order valence-corrected chi connectivity index (χ1v) is 11.3. The van der Waals surface area contributed by atoms with Crippen LogP contribution >= 0.6 is 34.0 Å². The lowest BCUT2D eigenvalue weighted by Gasteiger charge is -2.11. The van der Waals surface area contributed by atoms with E-state index in [1.54, 1.807) is 18.3 Å². The van der Waals surface area contributed by atoms with Crippen LogP contribution in [0.25, 0.3) is 10.6 Å². The Bertz CT molecular complexity index is 935. The van der Waals surface area contributed by atoms with Crippen LogP contribution in [0.1, 0.15) is 39.9 Å². The van der Waals surface area contributed by atoms with Crippen LogP contribution in [0, 0.1) is 0 Å². The number of fused-ring (bicyclic) bond motifs is 1. The molecular weight excluding hydrogens is 400 g/mol. The monoisotopic (exact) mass is 418 g/mol. The van der Waals surface area contributed by atoms with E-state index in [0.29, 0.717) is 10.0 Å². The molecule has 1 unspecified atom stereocenters. The molecule has 5 nitrogen and oxygen atoms in total. The number of rotatable bonds is 5. The Morgan fingerprint density at radius 1 is 1.26 bits per heavy atom. The number of amides is 1. The highest BCUT2D eigenvalue weighted by Gasteiger charge is 2.23. The summed E-state index contributed by atoms with van der Waals surface area (Å²) in [6.45, 7) is 1.58. The molecule has 1 aliphatic rings. The zero-order valence-electron chi connectivity index (χ0n) is 14.7. The maximum Gasteiger partial charge on any atom is 0.349 e. The summed E-state index contributed by atoms with van der Waals surface area (Å²) in [6.07, 6.45) is 3.50. The maximum absolute atomic E-state index is 12.4. The third-order valence-corrected chi connectivity index (χ3v) is 7.23. The fraction of sp³-hybridized carbons (Fsp3) is 0.316. The van der Waals surface area contributed by atoms with Gasteiger partial charge >= 0.3 is 5.97 Å². The summed E-state index contributed by atoms with van der Waals surface area (Å²) in [6, 6.07) is 5.86. The van der Waals surface area contributed by atoms with Crippen LogP contribution in [-0.4, -0.2) is 23.0 Å². The molecule has 3 heterocycles. The van der Waals surface area contributed by atoms with Crippen molar-refractivity contribution < 1.29 is 14.3 Å². The number of nitrogens with zero attached hydrogens (tertiary/aromatic N) is 1. The van der Waals surface area contributed by atoms with E-state index >= 15 is 0 Å². The summed E-state index contributed by atoms with van der Waals surface area (Å²) >= 11 is 4.43. The molecule has 8 heteroatoms. The Morgan fingerprint density at radius 2 is 2.11 bits per heavy atom. The molecule has 0 radical (unpaired) electrons. The van der Waals surface area contributed by atoms with Gasteiger partial charge in [-0.25, -0.2) is 9.78 Å². The molecule has 1 aliphatic carbocycles. The Morgan fingerprint density at radius 3 is 2.89 bits per heavy atom. The van der Waals surface area contributed by atoms with Crippen molar-refractivity contribution in [3.05, 3.63) is 44.3 Å². The molecule has 0 aromatic carbocycles.